The molecule has 0 aliphatic heterocycles. The lowest BCUT2D eigenvalue weighted by Crippen LogP contribution is -2.51. The summed E-state index contributed by atoms with van der Waals surface area (Å²) in [4.78, 5) is 14.1. The Kier molecular flexibility index (Phi) is 10.8. The number of nitrogens with zero attached hydrogens (tertiary/aromatic N) is 1. The first-order valence-corrected chi connectivity index (χ1v) is 15.2. The molecule has 0 radical (unpaired) electrons. The largest absolute Gasteiger partial charge is 0.508 e. The Balaban J connectivity index is 1.83. The number of nitrogens with one attached hydrogen (secondary N) is 1. The van der Waals surface area contributed by atoms with Gasteiger partial charge in [-0.3, -0.25) is 4.79 Å². The highest BCUT2D eigenvalue weighted by Crippen LogP contribution is 2.22. The highest BCUT2D eigenvalue weighted by atomic mass is 32.2. The van der Waals surface area contributed by atoms with Gasteiger partial charge in [0.15, 0.2) is 0 Å². The van der Waals surface area contributed by atoms with Crippen molar-refractivity contribution in [2.24, 2.45) is 5.92 Å². The number of phenols is 1. The molecule has 0 unspecified atom stereocenters. The van der Waals surface area contributed by atoms with Gasteiger partial charge in [0.2, 0.25) is 15.9 Å². The van der Waals surface area contributed by atoms with Crippen LogP contribution in [0.1, 0.15) is 25.0 Å². The number of carbonyl (C=O) groups is 1. The van der Waals surface area contributed by atoms with E-state index < -0.39 is 22.2 Å². The third-order valence-electron chi connectivity index (χ3n) is 6.04. The third kappa shape index (κ3) is 8.59. The van der Waals surface area contributed by atoms with Gasteiger partial charge in [0.05, 0.1) is 23.5 Å². The molecule has 0 bridgehead atoms. The lowest BCUT2D eigenvalue weighted by molar-refractivity contribution is -0.122. The predicted octanol–water partition coefficient (Wildman–Crippen LogP) is 4.09. The van der Waals surface area contributed by atoms with Crippen LogP contribution in [-0.4, -0.2) is 60.3 Å². The molecule has 0 aromatic heterocycles. The number of rotatable bonds is 13. The number of sulfonamides is 1. The van der Waals surface area contributed by atoms with Crippen LogP contribution in [0.15, 0.2) is 88.7 Å². The minimum absolute atomic E-state index is 0.0161. The molecule has 3 aromatic carbocycles. The average molecular weight is 557 g/mol. The van der Waals surface area contributed by atoms with Crippen molar-refractivity contribution in [3.8, 4) is 5.75 Å². The van der Waals surface area contributed by atoms with E-state index in [0.717, 1.165) is 10.5 Å². The number of carbonyl (C=O) groups excluding carboxylic acids is 1. The molecule has 9 heteroatoms. The number of benzene rings is 3. The Morgan fingerprint density at radius 3 is 2.21 bits per heavy atom. The van der Waals surface area contributed by atoms with E-state index >= 15 is 0 Å². The van der Waals surface area contributed by atoms with Crippen LogP contribution < -0.4 is 5.32 Å². The van der Waals surface area contributed by atoms with Crippen molar-refractivity contribution in [2.45, 2.75) is 48.6 Å². The number of aliphatic hydroxyl groups is 1. The molecule has 0 aliphatic carbocycles. The predicted molar refractivity (Wildman–Crippen MR) is 152 cm³/mol. The normalized spacial score (nSPS) is 13.4. The molecule has 38 heavy (non-hydrogen) atoms. The molecule has 204 valence electrons. The molecule has 0 spiro atoms. The minimum Gasteiger partial charge on any atom is -0.508 e. The van der Waals surface area contributed by atoms with Crippen LogP contribution in [0.5, 0.6) is 5.75 Å². The van der Waals surface area contributed by atoms with Crippen LogP contribution in [0.2, 0.25) is 0 Å². The maximum absolute atomic E-state index is 13.6. The van der Waals surface area contributed by atoms with Gasteiger partial charge in [-0.25, -0.2) is 8.42 Å². The summed E-state index contributed by atoms with van der Waals surface area (Å²) in [7, 11) is -3.88. The first kappa shape index (κ1) is 29.7. The lowest BCUT2D eigenvalue weighted by Gasteiger charge is -2.31. The topological polar surface area (TPSA) is 107 Å². The van der Waals surface area contributed by atoms with E-state index in [9.17, 15) is 23.4 Å². The van der Waals surface area contributed by atoms with Crippen LogP contribution >= 0.6 is 11.8 Å². The Morgan fingerprint density at radius 1 is 0.947 bits per heavy atom. The maximum atomic E-state index is 13.6. The van der Waals surface area contributed by atoms with Gasteiger partial charge in [-0.05, 0) is 66.1 Å². The number of phenolic OH excluding ortho intramolecular Hbond substituents is 1. The van der Waals surface area contributed by atoms with Crippen molar-refractivity contribution in [2.75, 3.05) is 19.3 Å². The highest BCUT2D eigenvalue weighted by Gasteiger charge is 2.31. The Labute approximate surface area is 230 Å². The molecule has 7 nitrogen and oxygen atoms in total. The van der Waals surface area contributed by atoms with Crippen molar-refractivity contribution < 1.29 is 23.4 Å². The Hall–Kier alpha value is -2.85. The molecule has 0 saturated carbocycles. The van der Waals surface area contributed by atoms with Gasteiger partial charge >= 0.3 is 0 Å². The van der Waals surface area contributed by atoms with Crippen molar-refractivity contribution in [1.29, 1.82) is 0 Å². The molecular weight excluding hydrogens is 520 g/mol. The summed E-state index contributed by atoms with van der Waals surface area (Å²) in [6.07, 6.45) is 1.10. The van der Waals surface area contributed by atoms with E-state index in [1.54, 1.807) is 36.4 Å². The van der Waals surface area contributed by atoms with Crippen molar-refractivity contribution in [3.05, 3.63) is 90.0 Å². The van der Waals surface area contributed by atoms with Crippen molar-refractivity contribution in [1.82, 2.24) is 9.62 Å². The van der Waals surface area contributed by atoms with Crippen LogP contribution in [0.4, 0.5) is 0 Å². The summed E-state index contributed by atoms with van der Waals surface area (Å²) >= 11 is 1.53. The average Bonchev–Trinajstić information content (AvgIpc) is 2.88. The van der Waals surface area contributed by atoms with E-state index in [4.69, 9.17) is 0 Å². The molecular formula is C29H36N2O5S2. The van der Waals surface area contributed by atoms with Crippen LogP contribution in [0.3, 0.4) is 0 Å². The summed E-state index contributed by atoms with van der Waals surface area (Å²) in [6, 6.07) is 21.8. The second-order valence-corrected chi connectivity index (χ2v) is 12.5. The smallest absolute Gasteiger partial charge is 0.243 e. The zero-order valence-corrected chi connectivity index (χ0v) is 23.6. The summed E-state index contributed by atoms with van der Waals surface area (Å²) < 4.78 is 28.5. The van der Waals surface area contributed by atoms with E-state index in [1.165, 1.54) is 28.2 Å². The number of amides is 1. The molecule has 2 atom stereocenters. The van der Waals surface area contributed by atoms with Gasteiger partial charge < -0.3 is 15.5 Å². The van der Waals surface area contributed by atoms with Crippen molar-refractivity contribution >= 4 is 27.7 Å². The number of aromatic hydroxyl groups is 1. The maximum Gasteiger partial charge on any atom is 0.243 e. The van der Waals surface area contributed by atoms with E-state index in [1.807, 2.05) is 50.4 Å². The molecule has 1 amide bonds. The van der Waals surface area contributed by atoms with Crippen LogP contribution in [0, 0.1) is 5.92 Å². The monoisotopic (exact) mass is 556 g/mol. The standard InChI is InChI=1S/C29H36N2O5S2/c1-21(2)19-31(38(35,36)26-14-12-25(37-3)13-15-26)20-28(33)27(17-22-8-5-4-6-9-22)30-29(34)18-23-10-7-11-24(32)16-23/h4-16,21,27-28,32-33H,17-20H2,1-3H3,(H,30,34)/t27-,28+/m0/s1. The summed E-state index contributed by atoms with van der Waals surface area (Å²) in [5, 5.41) is 24.0. The fourth-order valence-corrected chi connectivity index (χ4v) is 6.20. The first-order chi connectivity index (χ1) is 18.1. The number of hydrogen-bond donors (Lipinski definition) is 3. The summed E-state index contributed by atoms with van der Waals surface area (Å²) in [5.74, 6) is -0.242. The quantitative estimate of drug-likeness (QED) is 0.274. The fraction of sp³-hybridized carbons (Fsp3) is 0.345. The molecule has 3 aromatic rings. The summed E-state index contributed by atoms with van der Waals surface area (Å²) in [5.41, 5.74) is 1.54. The second-order valence-electron chi connectivity index (χ2n) is 9.67. The molecule has 3 N–H and O–H groups in total. The lowest BCUT2D eigenvalue weighted by atomic mass is 10.00. The number of hydrogen-bond acceptors (Lipinski definition) is 6. The van der Waals surface area contributed by atoms with Gasteiger partial charge in [-0.2, -0.15) is 4.31 Å². The molecule has 0 heterocycles. The van der Waals surface area contributed by atoms with Gasteiger partial charge in [-0.15, -0.1) is 11.8 Å². The van der Waals surface area contributed by atoms with Crippen molar-refractivity contribution in [3.63, 3.8) is 0 Å². The van der Waals surface area contributed by atoms with Gasteiger partial charge in [-0.1, -0.05) is 56.3 Å². The van der Waals surface area contributed by atoms with E-state index in [0.29, 0.717) is 12.0 Å². The Morgan fingerprint density at radius 2 is 1.61 bits per heavy atom. The fourth-order valence-electron chi connectivity index (χ4n) is 4.17. The number of aliphatic hydroxyl groups excluding tert-OH is 1. The highest BCUT2D eigenvalue weighted by molar-refractivity contribution is 7.98. The third-order valence-corrected chi connectivity index (χ3v) is 8.63. The van der Waals surface area contributed by atoms with Gasteiger partial charge in [0.1, 0.15) is 5.75 Å². The number of thioether (sulfide) groups is 1. The van der Waals surface area contributed by atoms with E-state index in [2.05, 4.69) is 5.32 Å². The molecule has 3 rings (SSSR count). The molecule has 0 fully saturated rings. The second kappa shape index (κ2) is 13.8. The SMILES string of the molecule is CSc1ccc(S(=O)(=O)N(CC(C)C)C[C@@H](O)[C@H](Cc2ccccc2)NC(=O)Cc2cccc(O)c2)cc1. The zero-order chi connectivity index (χ0) is 27.7. The van der Waals surface area contributed by atoms with Gasteiger partial charge in [0.25, 0.3) is 0 Å². The van der Waals surface area contributed by atoms with E-state index in [-0.39, 0.29) is 42.0 Å². The summed E-state index contributed by atoms with van der Waals surface area (Å²) in [6.45, 7) is 3.89. The molecule has 0 saturated heterocycles. The first-order valence-electron chi connectivity index (χ1n) is 12.5. The zero-order valence-electron chi connectivity index (χ0n) is 21.9. The minimum atomic E-state index is -3.88. The molecule has 0 aliphatic rings. The van der Waals surface area contributed by atoms with Gasteiger partial charge in [0, 0.05) is 18.0 Å². The Bertz CT molecular complexity index is 1280. The van der Waals surface area contributed by atoms with Crippen LogP contribution in [0.25, 0.3) is 0 Å². The van der Waals surface area contributed by atoms with Crippen LogP contribution in [-0.2, 0) is 27.7 Å².